The van der Waals surface area contributed by atoms with Crippen LogP contribution in [0.3, 0.4) is 0 Å². The second kappa shape index (κ2) is 5.14. The van der Waals surface area contributed by atoms with E-state index in [1.54, 1.807) is 0 Å². The number of benzene rings is 1. The summed E-state index contributed by atoms with van der Waals surface area (Å²) in [5.41, 5.74) is 0.545. The third-order valence-electron chi connectivity index (χ3n) is 3.75. The van der Waals surface area contributed by atoms with Crippen LogP contribution in [0, 0.1) is 6.92 Å². The van der Waals surface area contributed by atoms with E-state index in [0.29, 0.717) is 6.54 Å². The highest BCUT2D eigenvalue weighted by molar-refractivity contribution is 5.82. The lowest BCUT2D eigenvalue weighted by Crippen LogP contribution is -2.27. The zero-order chi connectivity index (χ0) is 15.9. The Balaban J connectivity index is 2.27. The van der Waals surface area contributed by atoms with Gasteiger partial charge < -0.3 is 5.11 Å². The van der Waals surface area contributed by atoms with Gasteiger partial charge in [-0.3, -0.25) is 18.7 Å². The highest BCUT2D eigenvalue weighted by atomic mass is 16.3. The van der Waals surface area contributed by atoms with Gasteiger partial charge in [-0.2, -0.15) is 0 Å². The number of aryl methyl sites for hydroxylation is 1. The fourth-order valence-electron chi connectivity index (χ4n) is 2.47. The Kier molecular flexibility index (Phi) is 3.29. The highest BCUT2D eigenvalue weighted by Gasteiger charge is 2.16. The van der Waals surface area contributed by atoms with E-state index in [-0.39, 0.29) is 33.5 Å². The molecule has 6 nitrogen and oxygen atoms in total. The van der Waals surface area contributed by atoms with Gasteiger partial charge in [-0.25, -0.2) is 4.98 Å². The first kappa shape index (κ1) is 14.1. The Morgan fingerprint density at radius 3 is 2.50 bits per heavy atom. The van der Waals surface area contributed by atoms with Crippen molar-refractivity contribution in [3.63, 3.8) is 0 Å². The fourth-order valence-corrected chi connectivity index (χ4v) is 2.47. The van der Waals surface area contributed by atoms with Crippen molar-refractivity contribution in [3.8, 4) is 5.75 Å². The third kappa shape index (κ3) is 2.09. The van der Waals surface area contributed by atoms with Crippen LogP contribution in [0.4, 0.5) is 0 Å². The normalized spacial score (nSPS) is 11.0. The van der Waals surface area contributed by atoms with E-state index in [0.717, 1.165) is 5.56 Å². The van der Waals surface area contributed by atoms with Gasteiger partial charge in [0, 0.05) is 7.05 Å². The van der Waals surface area contributed by atoms with Crippen LogP contribution in [0.15, 0.2) is 46.2 Å². The van der Waals surface area contributed by atoms with Crippen LogP contribution in [0.25, 0.3) is 11.0 Å². The molecule has 1 aromatic carbocycles. The monoisotopic (exact) mass is 297 g/mol. The average molecular weight is 297 g/mol. The van der Waals surface area contributed by atoms with Gasteiger partial charge in [0.1, 0.15) is 17.5 Å². The van der Waals surface area contributed by atoms with Gasteiger partial charge in [-0.15, -0.1) is 0 Å². The van der Waals surface area contributed by atoms with Crippen molar-refractivity contribution in [2.75, 3.05) is 0 Å². The van der Waals surface area contributed by atoms with E-state index in [4.69, 9.17) is 0 Å². The molecule has 0 amide bonds. The summed E-state index contributed by atoms with van der Waals surface area (Å²) in [7, 11) is 1.53. The summed E-state index contributed by atoms with van der Waals surface area (Å²) in [6.07, 6.45) is 1.39. The molecule has 0 bridgehead atoms. The molecule has 0 unspecified atom stereocenters. The lowest BCUT2D eigenvalue weighted by atomic mass is 10.2. The topological polar surface area (TPSA) is 77.1 Å². The van der Waals surface area contributed by atoms with Crippen LogP contribution >= 0.6 is 0 Å². The molecule has 0 aliphatic rings. The maximum absolute atomic E-state index is 12.6. The molecule has 0 atom stereocenters. The molecular weight excluding hydrogens is 282 g/mol. The predicted octanol–water partition coefficient (Wildman–Crippen LogP) is 1.16. The van der Waals surface area contributed by atoms with Crippen molar-refractivity contribution in [2.45, 2.75) is 13.5 Å². The summed E-state index contributed by atoms with van der Waals surface area (Å²) in [5.74, 6) is -0.294. The highest BCUT2D eigenvalue weighted by Crippen LogP contribution is 2.20. The number of aromatic hydroxyl groups is 1. The minimum Gasteiger partial charge on any atom is -0.506 e. The van der Waals surface area contributed by atoms with Gasteiger partial charge >= 0.3 is 0 Å². The maximum atomic E-state index is 12.6. The van der Waals surface area contributed by atoms with Crippen LogP contribution in [0.5, 0.6) is 5.75 Å². The van der Waals surface area contributed by atoms with E-state index in [1.807, 2.05) is 30.3 Å². The fraction of sp³-hybridized carbons (Fsp3) is 0.188. The summed E-state index contributed by atoms with van der Waals surface area (Å²) >= 11 is 0. The van der Waals surface area contributed by atoms with E-state index in [1.165, 1.54) is 29.4 Å². The molecule has 0 radical (unpaired) electrons. The molecule has 3 aromatic rings. The predicted molar refractivity (Wildman–Crippen MR) is 83.2 cm³/mol. The number of hydrogen-bond acceptors (Lipinski definition) is 4. The Labute approximate surface area is 125 Å². The smallest absolute Gasteiger partial charge is 0.266 e. The lowest BCUT2D eigenvalue weighted by molar-refractivity contribution is 0.473. The van der Waals surface area contributed by atoms with Gasteiger partial charge in [0.25, 0.3) is 11.1 Å². The van der Waals surface area contributed by atoms with Crippen LogP contribution in [-0.2, 0) is 13.6 Å². The molecule has 1 N–H and O–H groups in total. The first-order valence-electron chi connectivity index (χ1n) is 6.82. The SMILES string of the molecule is Cc1c(O)c2c(=O)n(Cc3ccccc3)cnc2n(C)c1=O. The van der Waals surface area contributed by atoms with Crippen molar-refractivity contribution < 1.29 is 5.11 Å². The summed E-state index contributed by atoms with van der Waals surface area (Å²) in [6.45, 7) is 1.84. The van der Waals surface area contributed by atoms with Crippen molar-refractivity contribution in [1.82, 2.24) is 14.1 Å². The van der Waals surface area contributed by atoms with Crippen molar-refractivity contribution in [2.24, 2.45) is 7.05 Å². The van der Waals surface area contributed by atoms with Gasteiger partial charge in [-0.05, 0) is 12.5 Å². The Bertz CT molecular complexity index is 972. The molecule has 0 saturated carbocycles. The number of nitrogens with zero attached hydrogens (tertiary/aromatic N) is 3. The molecule has 0 aliphatic heterocycles. The second-order valence-electron chi connectivity index (χ2n) is 5.20. The summed E-state index contributed by atoms with van der Waals surface area (Å²) in [4.78, 5) is 28.7. The van der Waals surface area contributed by atoms with Gasteiger partial charge in [0.05, 0.1) is 12.1 Å². The number of rotatable bonds is 2. The van der Waals surface area contributed by atoms with E-state index >= 15 is 0 Å². The van der Waals surface area contributed by atoms with E-state index in [2.05, 4.69) is 4.98 Å². The quantitative estimate of drug-likeness (QED) is 0.770. The zero-order valence-corrected chi connectivity index (χ0v) is 12.3. The Hall–Kier alpha value is -2.89. The molecular formula is C16H15N3O3. The van der Waals surface area contributed by atoms with Crippen LogP contribution in [-0.4, -0.2) is 19.2 Å². The van der Waals surface area contributed by atoms with Crippen molar-refractivity contribution in [1.29, 1.82) is 0 Å². The molecule has 0 spiro atoms. The van der Waals surface area contributed by atoms with Crippen LogP contribution < -0.4 is 11.1 Å². The molecule has 22 heavy (non-hydrogen) atoms. The average Bonchev–Trinajstić information content (AvgIpc) is 2.53. The number of pyridine rings is 1. The molecule has 0 aliphatic carbocycles. The Morgan fingerprint density at radius 2 is 1.82 bits per heavy atom. The minimum absolute atomic E-state index is 0.0676. The molecule has 3 rings (SSSR count). The third-order valence-corrected chi connectivity index (χ3v) is 3.75. The standard InChI is InChI=1S/C16H15N3O3/c1-10-13(20)12-14(18(2)15(10)21)17-9-19(16(12)22)8-11-6-4-3-5-7-11/h3-7,9,20H,8H2,1-2H3. The molecule has 0 fully saturated rings. The van der Waals surface area contributed by atoms with Crippen molar-refractivity contribution >= 4 is 11.0 Å². The summed E-state index contributed by atoms with van der Waals surface area (Å²) in [5, 5.41) is 10.2. The zero-order valence-electron chi connectivity index (χ0n) is 12.3. The number of fused-ring (bicyclic) bond motifs is 1. The van der Waals surface area contributed by atoms with Crippen LogP contribution in [0.2, 0.25) is 0 Å². The first-order chi connectivity index (χ1) is 10.5. The largest absolute Gasteiger partial charge is 0.506 e. The minimum atomic E-state index is -0.370. The maximum Gasteiger partial charge on any atom is 0.266 e. The number of hydrogen-bond donors (Lipinski definition) is 1. The molecule has 2 heterocycles. The van der Waals surface area contributed by atoms with Gasteiger partial charge in [-0.1, -0.05) is 30.3 Å². The van der Waals surface area contributed by atoms with Crippen molar-refractivity contribution in [3.05, 3.63) is 68.5 Å². The molecule has 2 aromatic heterocycles. The van der Waals surface area contributed by atoms with Crippen LogP contribution in [0.1, 0.15) is 11.1 Å². The number of aromatic nitrogens is 3. The lowest BCUT2D eigenvalue weighted by Gasteiger charge is -2.11. The summed E-state index contributed by atoms with van der Waals surface area (Å²) < 4.78 is 2.69. The van der Waals surface area contributed by atoms with E-state index in [9.17, 15) is 14.7 Å². The molecule has 0 saturated heterocycles. The summed E-state index contributed by atoms with van der Waals surface area (Å²) in [6, 6.07) is 9.49. The van der Waals surface area contributed by atoms with Gasteiger partial charge in [0.15, 0.2) is 5.65 Å². The molecule has 6 heteroatoms. The Morgan fingerprint density at radius 1 is 1.14 bits per heavy atom. The second-order valence-corrected chi connectivity index (χ2v) is 5.20. The van der Waals surface area contributed by atoms with Gasteiger partial charge in [0.2, 0.25) is 0 Å². The first-order valence-corrected chi connectivity index (χ1v) is 6.82. The molecule has 112 valence electrons. The van der Waals surface area contributed by atoms with E-state index < -0.39 is 0 Å².